The molecule has 1 aromatic carbocycles. The highest BCUT2D eigenvalue weighted by atomic mass is 16.6. The SMILES string of the molecule is Cc1cc(CC(O)C(=O)OC(C)(C)C)cc2cn[nH]c12. The van der Waals surface area contributed by atoms with Crippen LogP contribution in [0.2, 0.25) is 0 Å². The topological polar surface area (TPSA) is 75.2 Å². The highest BCUT2D eigenvalue weighted by Crippen LogP contribution is 2.19. The molecule has 1 unspecified atom stereocenters. The molecular formula is C15H20N2O3. The molecule has 1 atom stereocenters. The van der Waals surface area contributed by atoms with E-state index in [1.807, 2.05) is 19.1 Å². The number of benzene rings is 1. The molecular weight excluding hydrogens is 256 g/mol. The molecule has 1 aromatic heterocycles. The number of aromatic nitrogens is 2. The van der Waals surface area contributed by atoms with E-state index in [2.05, 4.69) is 10.2 Å². The van der Waals surface area contributed by atoms with Gasteiger partial charge in [0.05, 0.1) is 11.7 Å². The lowest BCUT2D eigenvalue weighted by molar-refractivity contribution is -0.164. The number of carbonyl (C=O) groups excluding carboxylic acids is 1. The average Bonchev–Trinajstić information content (AvgIpc) is 2.75. The zero-order valence-electron chi connectivity index (χ0n) is 12.2. The average molecular weight is 276 g/mol. The van der Waals surface area contributed by atoms with Gasteiger partial charge in [-0.15, -0.1) is 0 Å². The number of nitrogens with one attached hydrogen (secondary N) is 1. The molecule has 0 radical (unpaired) electrons. The van der Waals surface area contributed by atoms with Gasteiger partial charge in [-0.1, -0.05) is 6.07 Å². The van der Waals surface area contributed by atoms with Crippen LogP contribution in [0.4, 0.5) is 0 Å². The van der Waals surface area contributed by atoms with Crippen molar-refractivity contribution in [1.29, 1.82) is 0 Å². The fourth-order valence-corrected chi connectivity index (χ4v) is 2.11. The van der Waals surface area contributed by atoms with Crippen LogP contribution in [0.3, 0.4) is 0 Å². The number of aromatic amines is 1. The van der Waals surface area contributed by atoms with Crippen molar-refractivity contribution < 1.29 is 14.6 Å². The first-order valence-electron chi connectivity index (χ1n) is 6.60. The normalized spacial score (nSPS) is 13.4. The monoisotopic (exact) mass is 276 g/mol. The van der Waals surface area contributed by atoms with Crippen molar-refractivity contribution in [3.8, 4) is 0 Å². The summed E-state index contributed by atoms with van der Waals surface area (Å²) in [6.07, 6.45) is 0.806. The van der Waals surface area contributed by atoms with Gasteiger partial charge in [-0.25, -0.2) is 4.79 Å². The molecule has 2 N–H and O–H groups in total. The molecule has 108 valence electrons. The van der Waals surface area contributed by atoms with Crippen LogP contribution < -0.4 is 0 Å². The summed E-state index contributed by atoms with van der Waals surface area (Å²) in [4.78, 5) is 11.8. The van der Waals surface area contributed by atoms with Crippen LogP contribution in [-0.2, 0) is 16.0 Å². The number of hydrogen-bond acceptors (Lipinski definition) is 4. The van der Waals surface area contributed by atoms with Gasteiger partial charge in [0.2, 0.25) is 0 Å². The van der Waals surface area contributed by atoms with Crippen molar-refractivity contribution in [2.45, 2.75) is 45.8 Å². The second kappa shape index (κ2) is 5.25. The first-order chi connectivity index (χ1) is 9.26. The summed E-state index contributed by atoms with van der Waals surface area (Å²) in [6.45, 7) is 7.29. The molecule has 2 aromatic rings. The lowest BCUT2D eigenvalue weighted by atomic mass is 10.0. The maximum absolute atomic E-state index is 11.8. The minimum atomic E-state index is -1.15. The van der Waals surface area contributed by atoms with Crippen LogP contribution in [0.25, 0.3) is 10.9 Å². The molecule has 0 aliphatic carbocycles. The molecule has 0 amide bonds. The largest absolute Gasteiger partial charge is 0.458 e. The summed E-state index contributed by atoms with van der Waals surface area (Å²) in [5.41, 5.74) is 2.30. The molecule has 2 rings (SSSR count). The van der Waals surface area contributed by atoms with E-state index in [1.165, 1.54) is 0 Å². The lowest BCUT2D eigenvalue weighted by Gasteiger charge is -2.21. The summed E-state index contributed by atoms with van der Waals surface area (Å²) >= 11 is 0. The first-order valence-corrected chi connectivity index (χ1v) is 6.60. The molecule has 0 saturated carbocycles. The van der Waals surface area contributed by atoms with Gasteiger partial charge in [-0.2, -0.15) is 5.10 Å². The summed E-state index contributed by atoms with van der Waals surface area (Å²) in [5.74, 6) is -0.595. The van der Waals surface area contributed by atoms with E-state index in [0.29, 0.717) is 0 Å². The second-order valence-electron chi connectivity index (χ2n) is 6.00. The summed E-state index contributed by atoms with van der Waals surface area (Å²) < 4.78 is 5.17. The smallest absolute Gasteiger partial charge is 0.335 e. The maximum Gasteiger partial charge on any atom is 0.335 e. The predicted octanol–water partition coefficient (Wildman–Crippen LogP) is 2.12. The lowest BCUT2D eigenvalue weighted by Crippen LogP contribution is -2.32. The Hall–Kier alpha value is -1.88. The van der Waals surface area contributed by atoms with Gasteiger partial charge in [0, 0.05) is 11.8 Å². The van der Waals surface area contributed by atoms with Crippen LogP contribution in [0, 0.1) is 6.92 Å². The number of carbonyl (C=O) groups is 1. The molecule has 0 bridgehead atoms. The quantitative estimate of drug-likeness (QED) is 0.842. The fraction of sp³-hybridized carbons (Fsp3) is 0.467. The summed E-state index contributed by atoms with van der Waals surface area (Å²) in [7, 11) is 0. The van der Waals surface area contributed by atoms with E-state index in [-0.39, 0.29) is 6.42 Å². The number of hydrogen-bond donors (Lipinski definition) is 2. The van der Waals surface area contributed by atoms with E-state index >= 15 is 0 Å². The Balaban J connectivity index is 2.13. The molecule has 0 fully saturated rings. The standard InChI is InChI=1S/C15H20N2O3/c1-9-5-10(6-11-8-16-17-13(9)11)7-12(18)14(19)20-15(2,3)4/h5-6,8,12,18H,7H2,1-4H3,(H,16,17). The van der Waals surface area contributed by atoms with E-state index in [0.717, 1.165) is 22.0 Å². The third kappa shape index (κ3) is 3.36. The molecule has 0 aliphatic rings. The van der Waals surface area contributed by atoms with E-state index < -0.39 is 17.7 Å². The second-order valence-corrected chi connectivity index (χ2v) is 6.00. The van der Waals surface area contributed by atoms with Crippen molar-refractivity contribution in [2.75, 3.05) is 0 Å². The van der Waals surface area contributed by atoms with Crippen molar-refractivity contribution in [1.82, 2.24) is 10.2 Å². The van der Waals surface area contributed by atoms with Crippen molar-refractivity contribution in [3.63, 3.8) is 0 Å². The van der Waals surface area contributed by atoms with Crippen molar-refractivity contribution in [2.24, 2.45) is 0 Å². The molecule has 0 aliphatic heterocycles. The zero-order valence-corrected chi connectivity index (χ0v) is 12.2. The Morgan fingerprint density at radius 1 is 1.45 bits per heavy atom. The maximum atomic E-state index is 11.8. The molecule has 5 nitrogen and oxygen atoms in total. The number of fused-ring (bicyclic) bond motifs is 1. The number of rotatable bonds is 3. The number of aliphatic hydroxyl groups is 1. The minimum Gasteiger partial charge on any atom is -0.458 e. The Morgan fingerprint density at radius 3 is 2.80 bits per heavy atom. The minimum absolute atomic E-state index is 0.233. The van der Waals surface area contributed by atoms with E-state index in [4.69, 9.17) is 4.74 Å². The van der Waals surface area contributed by atoms with Gasteiger partial charge in [0.15, 0.2) is 6.10 Å². The number of H-pyrrole nitrogens is 1. The Morgan fingerprint density at radius 2 is 2.15 bits per heavy atom. The van der Waals surface area contributed by atoms with Gasteiger partial charge < -0.3 is 9.84 Å². The van der Waals surface area contributed by atoms with Crippen LogP contribution >= 0.6 is 0 Å². The number of nitrogens with zero attached hydrogens (tertiary/aromatic N) is 1. The van der Waals surface area contributed by atoms with Gasteiger partial charge in [0.1, 0.15) is 5.60 Å². The third-order valence-electron chi connectivity index (χ3n) is 2.91. The predicted molar refractivity (Wildman–Crippen MR) is 76.4 cm³/mol. The summed E-state index contributed by atoms with van der Waals surface area (Å²) in [6, 6.07) is 3.85. The number of aliphatic hydroxyl groups excluding tert-OH is 1. The summed E-state index contributed by atoms with van der Waals surface area (Å²) in [5, 5.41) is 17.8. The highest BCUT2D eigenvalue weighted by molar-refractivity contribution is 5.82. The molecule has 20 heavy (non-hydrogen) atoms. The number of esters is 1. The van der Waals surface area contributed by atoms with Gasteiger partial charge in [0.25, 0.3) is 0 Å². The first kappa shape index (κ1) is 14.5. The van der Waals surface area contributed by atoms with Crippen LogP contribution in [0.1, 0.15) is 31.9 Å². The Labute approximate surface area is 117 Å². The molecule has 5 heteroatoms. The van der Waals surface area contributed by atoms with Gasteiger partial charge in [-0.3, -0.25) is 5.10 Å². The van der Waals surface area contributed by atoms with Crippen molar-refractivity contribution >= 4 is 16.9 Å². The number of aryl methyl sites for hydroxylation is 1. The Kier molecular flexibility index (Phi) is 3.81. The van der Waals surface area contributed by atoms with E-state index in [1.54, 1.807) is 27.0 Å². The van der Waals surface area contributed by atoms with Crippen molar-refractivity contribution in [3.05, 3.63) is 29.5 Å². The molecule has 0 saturated heterocycles. The fourth-order valence-electron chi connectivity index (χ4n) is 2.11. The van der Waals surface area contributed by atoms with Gasteiger partial charge in [-0.05, 0) is 44.9 Å². The van der Waals surface area contributed by atoms with E-state index in [9.17, 15) is 9.90 Å². The third-order valence-corrected chi connectivity index (χ3v) is 2.91. The van der Waals surface area contributed by atoms with Crippen LogP contribution in [-0.4, -0.2) is 33.0 Å². The molecule has 1 heterocycles. The zero-order chi connectivity index (χ0) is 14.9. The number of ether oxygens (including phenoxy) is 1. The highest BCUT2D eigenvalue weighted by Gasteiger charge is 2.23. The van der Waals surface area contributed by atoms with Gasteiger partial charge >= 0.3 is 5.97 Å². The van der Waals surface area contributed by atoms with Crippen LogP contribution in [0.15, 0.2) is 18.3 Å². The van der Waals surface area contributed by atoms with Crippen LogP contribution in [0.5, 0.6) is 0 Å². The Bertz CT molecular complexity index is 626. The molecule has 0 spiro atoms.